The molecule has 4 rings (SSSR count). The van der Waals surface area contributed by atoms with Gasteiger partial charge in [-0.1, -0.05) is 20.8 Å². The largest absolute Gasteiger partial charge is 0.368 e. The number of halogens is 4. The summed E-state index contributed by atoms with van der Waals surface area (Å²) in [5.41, 5.74) is 4.19. The minimum atomic E-state index is -1.44. The Morgan fingerprint density at radius 1 is 1.00 bits per heavy atom. The summed E-state index contributed by atoms with van der Waals surface area (Å²) in [5.74, 6) is -6.94. The Balaban J connectivity index is 1.67. The average Bonchev–Trinajstić information content (AvgIpc) is 2.85. The maximum atomic E-state index is 15.6. The summed E-state index contributed by atoms with van der Waals surface area (Å²) in [4.78, 5) is 31.0. The molecule has 39 heavy (non-hydrogen) atoms. The van der Waals surface area contributed by atoms with E-state index in [-0.39, 0.29) is 17.4 Å². The summed E-state index contributed by atoms with van der Waals surface area (Å²) in [5, 5.41) is 4.92. The highest BCUT2D eigenvalue weighted by molar-refractivity contribution is 6.06. The Morgan fingerprint density at radius 3 is 2.33 bits per heavy atom. The zero-order valence-electron chi connectivity index (χ0n) is 21.7. The van der Waals surface area contributed by atoms with Crippen LogP contribution in [-0.4, -0.2) is 35.9 Å². The van der Waals surface area contributed by atoms with Gasteiger partial charge < -0.3 is 21.3 Å². The molecule has 0 radical (unpaired) electrons. The van der Waals surface area contributed by atoms with E-state index < -0.39 is 57.7 Å². The Labute approximate surface area is 223 Å². The fraction of sp³-hybridized carbons (Fsp3) is 0.321. The van der Waals surface area contributed by atoms with Gasteiger partial charge in [0.2, 0.25) is 5.91 Å². The number of aromatic nitrogens is 1. The Hall–Kier alpha value is -3.99. The molecule has 1 saturated heterocycles. The Kier molecular flexibility index (Phi) is 8.19. The lowest BCUT2D eigenvalue weighted by molar-refractivity contribution is -0.118. The molecule has 2 aromatic carbocycles. The van der Waals surface area contributed by atoms with Crippen LogP contribution in [0.2, 0.25) is 0 Å². The molecule has 1 aliphatic heterocycles. The maximum absolute atomic E-state index is 15.6. The average molecular weight is 544 g/mol. The van der Waals surface area contributed by atoms with Gasteiger partial charge in [-0.3, -0.25) is 14.6 Å². The zero-order chi connectivity index (χ0) is 28.4. The van der Waals surface area contributed by atoms with Crippen molar-refractivity contribution in [3.05, 3.63) is 71.6 Å². The second-order valence-corrected chi connectivity index (χ2v) is 10.1. The van der Waals surface area contributed by atoms with E-state index in [1.807, 2.05) is 4.90 Å². The highest BCUT2D eigenvalue weighted by Gasteiger charge is 2.28. The number of rotatable bonds is 6. The predicted molar refractivity (Wildman–Crippen MR) is 141 cm³/mol. The van der Waals surface area contributed by atoms with E-state index >= 15 is 4.39 Å². The van der Waals surface area contributed by atoms with Crippen LogP contribution in [0.5, 0.6) is 0 Å². The number of pyridine rings is 1. The number of hydrogen-bond acceptors (Lipinski definition) is 5. The van der Waals surface area contributed by atoms with Crippen LogP contribution in [0, 0.1) is 35.1 Å². The molecular formula is C28H29F4N5O2. The van der Waals surface area contributed by atoms with Crippen molar-refractivity contribution >= 4 is 28.9 Å². The molecule has 0 saturated carbocycles. The fourth-order valence-electron chi connectivity index (χ4n) is 4.67. The second-order valence-electron chi connectivity index (χ2n) is 10.1. The first-order chi connectivity index (χ1) is 18.5. The molecule has 1 fully saturated rings. The van der Waals surface area contributed by atoms with Gasteiger partial charge in [0.15, 0.2) is 0 Å². The van der Waals surface area contributed by atoms with Gasteiger partial charge in [0, 0.05) is 36.9 Å². The molecule has 0 bridgehead atoms. The van der Waals surface area contributed by atoms with E-state index in [1.54, 1.807) is 26.1 Å². The van der Waals surface area contributed by atoms with Gasteiger partial charge in [-0.2, -0.15) is 0 Å². The van der Waals surface area contributed by atoms with E-state index in [0.717, 1.165) is 30.7 Å². The minimum Gasteiger partial charge on any atom is -0.368 e. The summed E-state index contributed by atoms with van der Waals surface area (Å²) in [6.07, 6.45) is 3.79. The lowest BCUT2D eigenvalue weighted by Gasteiger charge is -2.37. The predicted octanol–water partition coefficient (Wildman–Crippen LogP) is 5.33. The summed E-state index contributed by atoms with van der Waals surface area (Å²) in [7, 11) is 0. The second kappa shape index (κ2) is 11.4. The van der Waals surface area contributed by atoms with Crippen LogP contribution in [-0.2, 0) is 4.79 Å². The summed E-state index contributed by atoms with van der Waals surface area (Å²) >= 11 is 0. The molecule has 0 unspecified atom stereocenters. The van der Waals surface area contributed by atoms with Crippen molar-refractivity contribution in [2.45, 2.75) is 33.2 Å². The van der Waals surface area contributed by atoms with Crippen LogP contribution >= 0.6 is 0 Å². The highest BCUT2D eigenvalue weighted by Crippen LogP contribution is 2.35. The first-order valence-electron chi connectivity index (χ1n) is 12.5. The molecule has 0 spiro atoms. The molecule has 1 aromatic heterocycles. The third-order valence-electron chi connectivity index (χ3n) is 6.50. The molecule has 11 heteroatoms. The van der Waals surface area contributed by atoms with Crippen LogP contribution < -0.4 is 21.3 Å². The number of benzene rings is 2. The van der Waals surface area contributed by atoms with Crippen molar-refractivity contribution < 1.29 is 27.2 Å². The molecule has 206 valence electrons. The first kappa shape index (κ1) is 28.0. The van der Waals surface area contributed by atoms with Gasteiger partial charge >= 0.3 is 0 Å². The first-order valence-corrected chi connectivity index (χ1v) is 12.5. The lowest BCUT2D eigenvalue weighted by atomic mass is 9.96. The van der Waals surface area contributed by atoms with Crippen molar-refractivity contribution in [3.63, 3.8) is 0 Å². The van der Waals surface area contributed by atoms with Crippen molar-refractivity contribution in [2.75, 3.05) is 28.6 Å². The molecular weight excluding hydrogens is 514 g/mol. The number of nitrogens with zero attached hydrogens (tertiary/aromatic N) is 2. The van der Waals surface area contributed by atoms with Gasteiger partial charge in [-0.15, -0.1) is 0 Å². The van der Waals surface area contributed by atoms with Crippen molar-refractivity contribution in [1.29, 1.82) is 0 Å². The van der Waals surface area contributed by atoms with Gasteiger partial charge in [-0.25, -0.2) is 17.6 Å². The monoisotopic (exact) mass is 543 g/mol. The lowest BCUT2D eigenvalue weighted by Crippen LogP contribution is -2.46. The molecule has 4 N–H and O–H groups in total. The highest BCUT2D eigenvalue weighted by atomic mass is 19.1. The number of piperidine rings is 1. The fourth-order valence-corrected chi connectivity index (χ4v) is 4.67. The van der Waals surface area contributed by atoms with Crippen molar-refractivity contribution in [1.82, 2.24) is 4.98 Å². The zero-order valence-corrected chi connectivity index (χ0v) is 21.7. The van der Waals surface area contributed by atoms with E-state index in [2.05, 4.69) is 22.5 Å². The van der Waals surface area contributed by atoms with Crippen LogP contribution in [0.1, 0.15) is 37.6 Å². The smallest absolute Gasteiger partial charge is 0.258 e. The molecule has 3 aromatic rings. The van der Waals surface area contributed by atoms with Crippen LogP contribution in [0.15, 0.2) is 42.7 Å². The van der Waals surface area contributed by atoms with Gasteiger partial charge in [0.25, 0.3) is 5.91 Å². The number of hydrogen-bond donors (Lipinski definition) is 3. The topological polar surface area (TPSA) is 100 Å². The van der Waals surface area contributed by atoms with Crippen LogP contribution in [0.25, 0.3) is 11.1 Å². The molecule has 0 aliphatic carbocycles. The van der Waals surface area contributed by atoms with Crippen molar-refractivity contribution in [2.24, 2.45) is 17.6 Å². The molecule has 1 aliphatic rings. The number of carbonyl (C=O) groups excluding carboxylic acids is 2. The standard InChI is InChI=1S/C28H29F4N5O2/c1-14(2)27(38)35-17-9-20(30)24(21(31)10-17)25-19(29)5-4-18(26(25)32)28(39)36-22-11-34-7-6-23(22)37-12-15(3)8-16(33)13-37/h4-7,9-11,14-16H,8,12-13,33H2,1-3H3,(H,35,38)(H,36,39)/t15-,16+/m1/s1. The van der Waals surface area contributed by atoms with Gasteiger partial charge in [-0.05, 0) is 42.7 Å². The number of amides is 2. The SMILES string of the molecule is CC(C)C(=O)Nc1cc(F)c(-c2c(F)ccc(C(=O)Nc3cnccc3N3C[C@H](C)C[C@H](N)C3)c2F)c(F)c1. The quantitative estimate of drug-likeness (QED) is 0.365. The van der Waals surface area contributed by atoms with Gasteiger partial charge in [0.05, 0.1) is 34.3 Å². The molecule has 2 amide bonds. The third-order valence-corrected chi connectivity index (χ3v) is 6.50. The normalized spacial score (nSPS) is 17.3. The minimum absolute atomic E-state index is 0.0718. The molecule has 2 heterocycles. The summed E-state index contributed by atoms with van der Waals surface area (Å²) < 4.78 is 60.2. The van der Waals surface area contributed by atoms with Crippen LogP contribution in [0.4, 0.5) is 34.6 Å². The number of nitrogens with one attached hydrogen (secondary N) is 2. The molecule has 2 atom stereocenters. The van der Waals surface area contributed by atoms with Gasteiger partial charge in [0.1, 0.15) is 23.3 Å². The number of nitrogens with two attached hydrogens (primary N) is 1. The van der Waals surface area contributed by atoms with Crippen molar-refractivity contribution in [3.8, 4) is 11.1 Å². The van der Waals surface area contributed by atoms with E-state index in [4.69, 9.17) is 5.73 Å². The van der Waals surface area contributed by atoms with Crippen LogP contribution in [0.3, 0.4) is 0 Å². The molecule has 7 nitrogen and oxygen atoms in total. The number of anilines is 3. The maximum Gasteiger partial charge on any atom is 0.258 e. The summed E-state index contributed by atoms with van der Waals surface area (Å²) in [6, 6.07) is 4.80. The van der Waals surface area contributed by atoms with E-state index in [9.17, 15) is 22.8 Å². The Morgan fingerprint density at radius 2 is 1.69 bits per heavy atom. The number of carbonyl (C=O) groups is 2. The Bertz CT molecular complexity index is 1380. The third kappa shape index (κ3) is 6.03. The van der Waals surface area contributed by atoms with E-state index in [0.29, 0.717) is 24.7 Å². The van der Waals surface area contributed by atoms with E-state index in [1.165, 1.54) is 6.20 Å². The summed E-state index contributed by atoms with van der Waals surface area (Å²) in [6.45, 7) is 6.46.